The van der Waals surface area contributed by atoms with Crippen molar-refractivity contribution >= 4 is 26.6 Å². The normalized spacial score (nSPS) is 15.7. The fourth-order valence-electron chi connectivity index (χ4n) is 10.6. The predicted molar refractivity (Wildman–Crippen MR) is 332 cm³/mol. The first kappa shape index (κ1) is 67.8. The van der Waals surface area contributed by atoms with Crippen molar-refractivity contribution in [3.8, 4) is 11.5 Å². The molecule has 2 saturated heterocycles. The summed E-state index contributed by atoms with van der Waals surface area (Å²) in [6.07, 6.45) is 12.5. The summed E-state index contributed by atoms with van der Waals surface area (Å²) < 4.78 is 53.2. The number of rotatable bonds is 26. The summed E-state index contributed by atoms with van der Waals surface area (Å²) in [5.41, 5.74) is 11.4. The van der Waals surface area contributed by atoms with Crippen LogP contribution in [0, 0.1) is 36.5 Å². The number of aliphatic hydroxyl groups is 1. The van der Waals surface area contributed by atoms with E-state index in [0.29, 0.717) is 68.0 Å². The van der Waals surface area contributed by atoms with Gasteiger partial charge in [-0.15, -0.1) is 0 Å². The molecule has 2 fully saturated rings. The second-order valence-corrected chi connectivity index (χ2v) is 28.9. The van der Waals surface area contributed by atoms with Gasteiger partial charge in [0.05, 0.1) is 45.4 Å². The van der Waals surface area contributed by atoms with E-state index < -0.39 is 15.2 Å². The largest absolute Gasteiger partial charge is 0.508 e. The third kappa shape index (κ3) is 24.8. The molecule has 0 bridgehead atoms. The zero-order valence-corrected chi connectivity index (χ0v) is 53.3. The monoisotopic (exact) mass is 1130 g/mol. The summed E-state index contributed by atoms with van der Waals surface area (Å²) >= 11 is 0. The van der Waals surface area contributed by atoms with Gasteiger partial charge in [-0.2, -0.15) is 0 Å². The molecule has 4 aromatic carbocycles. The maximum Gasteiger partial charge on any atom is 0.331 e. The fraction of sp³-hybridized carbons (Fsp3) is 0.636. The molecule has 2 atom stereocenters. The molecule has 2 N–H and O–H groups in total. The molecule has 0 radical (unpaired) electrons. The highest BCUT2D eigenvalue weighted by Crippen LogP contribution is 2.52. The van der Waals surface area contributed by atoms with Gasteiger partial charge in [0.1, 0.15) is 11.5 Å². The number of nitrogens with zero attached hydrogens (tertiary/aromatic N) is 2. The molecule has 0 saturated carbocycles. The van der Waals surface area contributed by atoms with Crippen molar-refractivity contribution in [2.24, 2.45) is 22.7 Å². The molecule has 13 heteroatoms. The van der Waals surface area contributed by atoms with Crippen molar-refractivity contribution in [2.75, 3.05) is 87.9 Å². The van der Waals surface area contributed by atoms with E-state index in [9.17, 15) is 19.3 Å². The molecule has 0 aliphatic carbocycles. The van der Waals surface area contributed by atoms with Crippen LogP contribution in [0.25, 0.3) is 0 Å². The number of hydrogen-bond acceptors (Lipinski definition) is 11. The van der Waals surface area contributed by atoms with Crippen molar-refractivity contribution in [2.45, 2.75) is 173 Å². The van der Waals surface area contributed by atoms with Crippen LogP contribution < -0.4 is 14.5 Å². The molecule has 0 aromatic heterocycles. The Morgan fingerprint density at radius 1 is 0.570 bits per heavy atom. The van der Waals surface area contributed by atoms with Crippen LogP contribution in [0.2, 0.25) is 0 Å². The highest BCUT2D eigenvalue weighted by atomic mass is 31.2. The highest BCUT2D eigenvalue weighted by Gasteiger charge is 2.29. The zero-order chi connectivity index (χ0) is 58.2. The number of aryl methyl sites for hydroxylation is 4. The topological polar surface area (TPSA) is 127 Å². The summed E-state index contributed by atoms with van der Waals surface area (Å²) in [6, 6.07) is 29.1. The van der Waals surface area contributed by atoms with Crippen LogP contribution in [0.3, 0.4) is 0 Å². The van der Waals surface area contributed by atoms with Crippen LogP contribution in [0.1, 0.15) is 180 Å². The van der Waals surface area contributed by atoms with Crippen LogP contribution in [0.4, 0.5) is 11.4 Å². The lowest BCUT2D eigenvalue weighted by molar-refractivity contribution is 0.203. The number of aliphatic hydroxyl groups excluding tert-OH is 1. The van der Waals surface area contributed by atoms with Crippen molar-refractivity contribution in [3.63, 3.8) is 0 Å². The van der Waals surface area contributed by atoms with Gasteiger partial charge in [-0.3, -0.25) is 9.13 Å². The Labute approximate surface area is 480 Å². The molecule has 0 spiro atoms. The number of hydrogen-bond donors (Lipinski definition) is 2. The summed E-state index contributed by atoms with van der Waals surface area (Å²) in [6.45, 7) is 36.5. The van der Waals surface area contributed by atoms with Gasteiger partial charge in [0.15, 0.2) is 0 Å². The average molecular weight is 1130 g/mol. The van der Waals surface area contributed by atoms with Gasteiger partial charge in [-0.25, -0.2) is 0 Å². The van der Waals surface area contributed by atoms with E-state index in [-0.39, 0.29) is 17.6 Å². The van der Waals surface area contributed by atoms with Crippen LogP contribution in [0.15, 0.2) is 84.9 Å². The third-order valence-electron chi connectivity index (χ3n) is 15.0. The molecule has 0 amide bonds. The van der Waals surface area contributed by atoms with Crippen molar-refractivity contribution in [3.05, 3.63) is 118 Å². The lowest BCUT2D eigenvalue weighted by atomic mass is 9.88. The summed E-state index contributed by atoms with van der Waals surface area (Å²) in [5.74, 6) is 2.19. The minimum atomic E-state index is -3.09. The van der Waals surface area contributed by atoms with E-state index >= 15 is 0 Å². The van der Waals surface area contributed by atoms with E-state index in [1.165, 1.54) is 65.7 Å². The van der Waals surface area contributed by atoms with Gasteiger partial charge < -0.3 is 42.8 Å². The number of aromatic hydroxyl groups is 1. The van der Waals surface area contributed by atoms with Gasteiger partial charge in [0.25, 0.3) is 0 Å². The Hall–Kier alpha value is -3.66. The number of ether oxygens (including phenoxy) is 1. The SMILES string of the molecule is CCOP(=O)(C[C@@H](C)c1cccc(O)c1)OCC.CCOP(=O)(C[C@@H](C)c1cccc(OCC2CCN(c3cc(C)ccc3CCCC(C)(C)C)CC2)c1)OCC.Cc1ccc(CCCC(C)(C)C)c(N2CCC(CO)CC2)c1. The molecule has 444 valence electrons. The zero-order valence-electron chi connectivity index (χ0n) is 51.5. The fourth-order valence-corrected chi connectivity index (χ4v) is 14.5. The number of anilines is 2. The van der Waals surface area contributed by atoms with Gasteiger partial charge in [0, 0.05) is 44.2 Å². The highest BCUT2D eigenvalue weighted by molar-refractivity contribution is 7.54. The van der Waals surface area contributed by atoms with Gasteiger partial charge in [0.2, 0.25) is 0 Å². The van der Waals surface area contributed by atoms with E-state index in [4.69, 9.17) is 22.8 Å². The van der Waals surface area contributed by atoms with Gasteiger partial charge in [-0.05, 0) is 210 Å². The van der Waals surface area contributed by atoms with Crippen LogP contribution in [0.5, 0.6) is 11.5 Å². The Morgan fingerprint density at radius 2 is 0.975 bits per heavy atom. The molecular weight excluding hydrogens is 1030 g/mol. The van der Waals surface area contributed by atoms with Gasteiger partial charge in [-0.1, -0.05) is 104 Å². The first-order valence-electron chi connectivity index (χ1n) is 30.0. The third-order valence-corrected chi connectivity index (χ3v) is 19.6. The van der Waals surface area contributed by atoms with Crippen LogP contribution >= 0.6 is 15.2 Å². The predicted octanol–water partition coefficient (Wildman–Crippen LogP) is 17.4. The maximum absolute atomic E-state index is 13.0. The smallest absolute Gasteiger partial charge is 0.331 e. The van der Waals surface area contributed by atoms with Crippen molar-refractivity contribution in [1.82, 2.24) is 0 Å². The van der Waals surface area contributed by atoms with Crippen molar-refractivity contribution in [1.29, 1.82) is 0 Å². The first-order valence-corrected chi connectivity index (χ1v) is 33.4. The van der Waals surface area contributed by atoms with E-state index in [1.807, 2.05) is 39.0 Å². The average Bonchev–Trinajstić information content (AvgIpc) is 3.39. The Bertz CT molecular complexity index is 2450. The Balaban J connectivity index is 0.000000283. The molecule has 2 aliphatic rings. The summed E-state index contributed by atoms with van der Waals surface area (Å²) in [5, 5.41) is 18.8. The van der Waals surface area contributed by atoms with Crippen LogP contribution in [-0.2, 0) is 40.1 Å². The number of benzene rings is 4. The molecule has 11 nitrogen and oxygen atoms in total. The minimum Gasteiger partial charge on any atom is -0.508 e. The number of piperidine rings is 2. The molecule has 6 rings (SSSR count). The maximum atomic E-state index is 13.0. The molecular formula is C66H106N2O9P2. The molecule has 0 unspecified atom stereocenters. The molecule has 79 heavy (non-hydrogen) atoms. The van der Waals surface area contributed by atoms with Crippen LogP contribution in [-0.4, -0.2) is 88.4 Å². The minimum absolute atomic E-state index is 0.000957. The summed E-state index contributed by atoms with van der Waals surface area (Å²) in [7, 11) is -6.13. The standard InChI is InChI=1S/C33H52NO4P.C20H33NO.C13H21O4P/c1-8-37-39(35,38-9-2)25-27(4)30-12-10-14-31(23-30)36-24-28-17-20-34(21-18-28)32-22-26(3)15-16-29(32)13-11-19-33(5,6)7;1-16-7-8-18(6-5-11-20(2,3)4)19(14-16)21-12-9-17(15-22)10-13-21;1-4-16-18(15,17-5-2)10-11(3)12-7-6-8-13(14)9-12/h10,12,14-16,22-23,27-28H,8-9,11,13,17-21,24-25H2,1-7H3;7-8,14,17,22H,5-6,9-13,15H2,1-4H3;6-9,11,14H,4-5,10H2,1-3H3/t27-;;11-/m1.1/s1. The second-order valence-electron chi connectivity index (χ2n) is 24.7. The Kier molecular flexibility index (Phi) is 28.7. The van der Waals surface area contributed by atoms with Gasteiger partial charge >= 0.3 is 15.2 Å². The van der Waals surface area contributed by atoms with E-state index in [1.54, 1.807) is 32.0 Å². The molecule has 2 heterocycles. The van der Waals surface area contributed by atoms with Crippen molar-refractivity contribution < 1.29 is 42.2 Å². The van der Waals surface area contributed by atoms with E-state index in [0.717, 1.165) is 81.8 Å². The number of phenolic OH excluding ortho intramolecular Hbond substituents is 1. The first-order chi connectivity index (χ1) is 37.4. The molecule has 2 aliphatic heterocycles. The summed E-state index contributed by atoms with van der Waals surface area (Å²) in [4.78, 5) is 5.12. The quantitative estimate of drug-likeness (QED) is 0.0584. The lowest BCUT2D eigenvalue weighted by Crippen LogP contribution is -2.36. The number of phenols is 1. The lowest BCUT2D eigenvalue weighted by Gasteiger charge is -2.35. The molecule has 4 aromatic rings. The second kappa shape index (κ2) is 33.4. The Morgan fingerprint density at radius 3 is 1.37 bits per heavy atom. The van der Waals surface area contributed by atoms with E-state index in [2.05, 4.69) is 121 Å².